The van der Waals surface area contributed by atoms with E-state index >= 15 is 0 Å². The second-order valence-electron chi connectivity index (χ2n) is 3.78. The molecule has 1 aromatic rings. The van der Waals surface area contributed by atoms with Gasteiger partial charge in [0, 0.05) is 44.0 Å². The summed E-state index contributed by atoms with van der Waals surface area (Å²) in [7, 11) is 0. The summed E-state index contributed by atoms with van der Waals surface area (Å²) < 4.78 is 0. The summed E-state index contributed by atoms with van der Waals surface area (Å²) in [6.07, 6.45) is 4.06. The number of nitrogens with zero attached hydrogens (tertiary/aromatic N) is 2. The fourth-order valence-corrected chi connectivity index (χ4v) is 1.78. The highest BCUT2D eigenvalue weighted by Gasteiger charge is 2.10. The lowest BCUT2D eigenvalue weighted by Crippen LogP contribution is -2.44. The average molecular weight is 193 g/mol. The van der Waals surface area contributed by atoms with E-state index in [1.54, 1.807) is 0 Å². The van der Waals surface area contributed by atoms with Crippen molar-refractivity contribution >= 4 is 0 Å². The van der Waals surface area contributed by atoms with E-state index in [0.29, 0.717) is 0 Å². The summed E-state index contributed by atoms with van der Waals surface area (Å²) in [6.45, 7) is 7.74. The summed E-state index contributed by atoms with van der Waals surface area (Å²) in [4.78, 5) is 2.48. The van der Waals surface area contributed by atoms with Gasteiger partial charge < -0.3 is 10.2 Å². The van der Waals surface area contributed by atoms with Gasteiger partial charge in [0.1, 0.15) is 6.20 Å². The number of H-pyrrole nitrogens is 1. The van der Waals surface area contributed by atoms with E-state index in [0.717, 1.165) is 44.8 Å². The van der Waals surface area contributed by atoms with Gasteiger partial charge in [-0.15, -0.1) is 0 Å². The lowest BCUT2D eigenvalue weighted by molar-refractivity contribution is 0.244. The van der Waals surface area contributed by atoms with Crippen LogP contribution in [0.5, 0.6) is 0 Å². The normalized spacial score (nSPS) is 18.6. The van der Waals surface area contributed by atoms with Gasteiger partial charge in [-0.05, 0) is 13.3 Å². The molecule has 0 saturated carbocycles. The second kappa shape index (κ2) is 4.57. The molecule has 0 amide bonds. The fraction of sp³-hybridized carbons (Fsp3) is 0.700. The van der Waals surface area contributed by atoms with E-state index < -0.39 is 0 Å². The number of hydrogen-bond acceptors (Lipinski definition) is 3. The van der Waals surface area contributed by atoms with Crippen LogP contribution >= 0.6 is 0 Å². The molecule has 2 rings (SSSR count). The molecule has 0 aromatic carbocycles. The third-order valence-electron chi connectivity index (χ3n) is 2.75. The molecule has 1 aliphatic heterocycles. The molecule has 14 heavy (non-hydrogen) atoms. The summed E-state index contributed by atoms with van der Waals surface area (Å²) in [5, 5.41) is 10.2. The van der Waals surface area contributed by atoms with Crippen molar-refractivity contribution in [3.63, 3.8) is 0 Å². The summed E-state index contributed by atoms with van der Waals surface area (Å²) in [5.41, 5.74) is 2.38. The quantitative estimate of drug-likeness (QED) is 0.708. The highest BCUT2D eigenvalue weighted by Crippen LogP contribution is 2.04. The number of aryl methyl sites for hydroxylation is 1. The molecule has 77 valence electrons. The smallest absolute Gasteiger partial charge is 0.116 e. The van der Waals surface area contributed by atoms with Crippen LogP contribution in [0.2, 0.25) is 0 Å². The highest BCUT2D eigenvalue weighted by atomic mass is 15.2. The Morgan fingerprint density at radius 3 is 2.86 bits per heavy atom. The molecule has 1 radical (unpaired) electrons. The van der Waals surface area contributed by atoms with Gasteiger partial charge in [-0.2, -0.15) is 5.10 Å². The molecule has 0 atom stereocenters. The number of aromatic nitrogens is 2. The fourth-order valence-electron chi connectivity index (χ4n) is 1.78. The van der Waals surface area contributed by atoms with Gasteiger partial charge in [0.15, 0.2) is 0 Å². The van der Waals surface area contributed by atoms with E-state index in [1.165, 1.54) is 5.56 Å². The van der Waals surface area contributed by atoms with Crippen molar-refractivity contribution in [3.05, 3.63) is 17.5 Å². The first-order valence-corrected chi connectivity index (χ1v) is 5.21. The van der Waals surface area contributed by atoms with E-state index in [9.17, 15) is 0 Å². The molecule has 1 saturated heterocycles. The third-order valence-corrected chi connectivity index (χ3v) is 2.75. The minimum atomic E-state index is 1.06. The molecule has 0 aliphatic carbocycles. The number of aromatic amines is 1. The zero-order chi connectivity index (χ0) is 9.80. The molecule has 0 spiro atoms. The predicted octanol–water partition coefficient (Wildman–Crippen LogP) is -0.0340. The van der Waals surface area contributed by atoms with Gasteiger partial charge in [-0.1, -0.05) is 0 Å². The maximum absolute atomic E-state index is 3.90. The minimum absolute atomic E-state index is 1.06. The Balaban J connectivity index is 1.79. The van der Waals surface area contributed by atoms with Crippen molar-refractivity contribution in [2.75, 3.05) is 32.7 Å². The van der Waals surface area contributed by atoms with Crippen LogP contribution in [0.3, 0.4) is 0 Å². The van der Waals surface area contributed by atoms with Gasteiger partial charge in [-0.25, -0.2) is 0 Å². The topological polar surface area (TPSA) is 44.0 Å². The zero-order valence-corrected chi connectivity index (χ0v) is 8.64. The Labute approximate surface area is 84.7 Å². The standard InChI is InChI=1S/C10H17N4/c1-9-10(8-12-13-9)2-5-14-6-3-11-4-7-14/h11H,2-7H2,1H3,(H,12,13). The second-order valence-corrected chi connectivity index (χ2v) is 3.78. The van der Waals surface area contributed by atoms with Crippen molar-refractivity contribution in [1.29, 1.82) is 0 Å². The predicted molar refractivity (Wildman–Crippen MR) is 55.2 cm³/mol. The largest absolute Gasteiger partial charge is 0.314 e. The molecule has 2 heterocycles. The van der Waals surface area contributed by atoms with Crippen molar-refractivity contribution < 1.29 is 0 Å². The lowest BCUT2D eigenvalue weighted by Gasteiger charge is -2.26. The summed E-state index contributed by atoms with van der Waals surface area (Å²) >= 11 is 0. The van der Waals surface area contributed by atoms with Crippen LogP contribution < -0.4 is 5.32 Å². The Morgan fingerprint density at radius 2 is 2.21 bits per heavy atom. The van der Waals surface area contributed by atoms with Crippen molar-refractivity contribution in [2.45, 2.75) is 13.3 Å². The van der Waals surface area contributed by atoms with Crippen molar-refractivity contribution in [2.24, 2.45) is 0 Å². The number of rotatable bonds is 3. The van der Waals surface area contributed by atoms with Gasteiger partial charge in [0.2, 0.25) is 0 Å². The molecular formula is C10H17N4. The van der Waals surface area contributed by atoms with Gasteiger partial charge in [0.05, 0.1) is 0 Å². The van der Waals surface area contributed by atoms with Crippen molar-refractivity contribution in [3.8, 4) is 0 Å². The number of nitrogens with one attached hydrogen (secondary N) is 2. The Bertz CT molecular complexity index is 275. The van der Waals surface area contributed by atoms with Crippen LogP contribution in [-0.4, -0.2) is 47.8 Å². The van der Waals surface area contributed by atoms with Crippen LogP contribution in [-0.2, 0) is 6.42 Å². The molecule has 1 fully saturated rings. The number of piperazine rings is 1. The van der Waals surface area contributed by atoms with E-state index in [4.69, 9.17) is 0 Å². The number of hydrogen-bond donors (Lipinski definition) is 2. The van der Waals surface area contributed by atoms with E-state index in [-0.39, 0.29) is 0 Å². The van der Waals surface area contributed by atoms with Gasteiger partial charge in [0.25, 0.3) is 0 Å². The minimum Gasteiger partial charge on any atom is -0.314 e. The SMILES string of the molecule is Cc1[nH]n[c]c1CCN1CCNCC1. The van der Waals surface area contributed by atoms with Crippen LogP contribution in [0.1, 0.15) is 11.3 Å². The van der Waals surface area contributed by atoms with Gasteiger partial charge >= 0.3 is 0 Å². The molecule has 0 bridgehead atoms. The monoisotopic (exact) mass is 193 g/mol. The first-order valence-electron chi connectivity index (χ1n) is 5.21. The highest BCUT2D eigenvalue weighted by molar-refractivity contribution is 5.13. The van der Waals surface area contributed by atoms with Crippen LogP contribution in [0.15, 0.2) is 0 Å². The molecule has 2 N–H and O–H groups in total. The van der Waals surface area contributed by atoms with Crippen LogP contribution in [0.4, 0.5) is 0 Å². The Hall–Kier alpha value is -0.870. The molecule has 4 heteroatoms. The van der Waals surface area contributed by atoms with E-state index in [1.807, 2.05) is 0 Å². The molecule has 4 nitrogen and oxygen atoms in total. The van der Waals surface area contributed by atoms with E-state index in [2.05, 4.69) is 33.5 Å². The zero-order valence-electron chi connectivity index (χ0n) is 8.64. The molecule has 1 aromatic heterocycles. The summed E-state index contributed by atoms with van der Waals surface area (Å²) in [6, 6.07) is 0. The van der Waals surface area contributed by atoms with Crippen LogP contribution in [0.25, 0.3) is 0 Å². The average Bonchev–Trinajstić information content (AvgIpc) is 2.63. The molecular weight excluding hydrogens is 176 g/mol. The van der Waals surface area contributed by atoms with Crippen LogP contribution in [0, 0.1) is 13.1 Å². The third kappa shape index (κ3) is 2.33. The maximum Gasteiger partial charge on any atom is 0.116 e. The lowest BCUT2D eigenvalue weighted by atomic mass is 10.2. The van der Waals surface area contributed by atoms with Crippen molar-refractivity contribution in [1.82, 2.24) is 20.4 Å². The molecule has 0 unspecified atom stereocenters. The summed E-state index contributed by atoms with van der Waals surface area (Å²) in [5.74, 6) is 0. The Kier molecular flexibility index (Phi) is 3.16. The Morgan fingerprint density at radius 1 is 1.43 bits per heavy atom. The molecule has 1 aliphatic rings. The first-order chi connectivity index (χ1) is 6.86. The first kappa shape index (κ1) is 9.68. The van der Waals surface area contributed by atoms with Gasteiger partial charge in [-0.3, -0.25) is 5.10 Å². The maximum atomic E-state index is 3.90.